The minimum absolute atomic E-state index is 0. The van der Waals surface area contributed by atoms with Crippen molar-refractivity contribution in [1.29, 1.82) is 0 Å². The summed E-state index contributed by atoms with van der Waals surface area (Å²) in [5.41, 5.74) is 0. The number of hydrogen-bond acceptors (Lipinski definition) is 9. The zero-order valence-electron chi connectivity index (χ0n) is 32.2. The predicted molar refractivity (Wildman–Crippen MR) is 204 cm³/mol. The molecular formula is C36H74NaO11PS. The maximum atomic E-state index is 12.2. The van der Waals surface area contributed by atoms with Crippen molar-refractivity contribution in [3.8, 4) is 0 Å². The van der Waals surface area contributed by atoms with Crippen LogP contribution in [0.4, 0.5) is 0 Å². The fourth-order valence-electron chi connectivity index (χ4n) is 5.05. The molecule has 0 aliphatic rings. The van der Waals surface area contributed by atoms with E-state index in [1.54, 1.807) is 0 Å². The van der Waals surface area contributed by atoms with Gasteiger partial charge in [-0.25, -0.2) is 4.57 Å². The normalized spacial score (nSPS) is 15.6. The quantitative estimate of drug-likeness (QED) is 0.0310. The summed E-state index contributed by atoms with van der Waals surface area (Å²) in [4.78, 5) is 34.0. The van der Waals surface area contributed by atoms with Crippen molar-refractivity contribution in [1.82, 2.24) is 0 Å². The number of esters is 2. The standard InChI is InChI=1S/C20H38O7S.C16H35O4P.Na.H/c1-5-9-11-16(7-3)14-26-19(21)13-18(28(23,24)25)20(22)27-15-17(8-4)12-10-6-2;1-5-9-11-15(7-3)13-19-21(17,18)20-14-16(8-4)12-10-6-2;;/h16-18H,5-15H2,1-4H3,(H,23,24,25);15-16H,5-14H2,1-4H3,(H,17,18);;. The molecule has 14 heteroatoms. The molecule has 0 saturated heterocycles. The Labute approximate surface area is 328 Å². The van der Waals surface area contributed by atoms with Crippen molar-refractivity contribution in [3.63, 3.8) is 0 Å². The molecule has 0 bridgehead atoms. The first-order valence-corrected chi connectivity index (χ1v) is 22.1. The van der Waals surface area contributed by atoms with Crippen LogP contribution in [-0.4, -0.2) is 91.0 Å². The van der Waals surface area contributed by atoms with E-state index in [0.717, 1.165) is 103 Å². The average molecular weight is 769 g/mol. The van der Waals surface area contributed by atoms with Gasteiger partial charge in [0.1, 0.15) is 0 Å². The van der Waals surface area contributed by atoms with Crippen LogP contribution in [0, 0.1) is 23.7 Å². The van der Waals surface area contributed by atoms with Crippen molar-refractivity contribution in [2.75, 3.05) is 26.4 Å². The van der Waals surface area contributed by atoms with Gasteiger partial charge < -0.3 is 14.4 Å². The summed E-state index contributed by atoms with van der Waals surface area (Å²) in [6, 6.07) is 0. The maximum absolute atomic E-state index is 12.2. The molecule has 5 atom stereocenters. The Hall–Kier alpha value is -0.0400. The third-order valence-corrected chi connectivity index (χ3v) is 11.1. The molecule has 11 nitrogen and oxygen atoms in total. The van der Waals surface area contributed by atoms with Crippen LogP contribution < -0.4 is 0 Å². The van der Waals surface area contributed by atoms with Gasteiger partial charge in [0.05, 0.1) is 32.8 Å². The zero-order valence-corrected chi connectivity index (χ0v) is 33.9. The molecule has 296 valence electrons. The van der Waals surface area contributed by atoms with Gasteiger partial charge in [0.15, 0.2) is 5.25 Å². The topological polar surface area (TPSA) is 163 Å². The van der Waals surface area contributed by atoms with E-state index in [4.69, 9.17) is 18.5 Å². The van der Waals surface area contributed by atoms with Gasteiger partial charge in [0.25, 0.3) is 10.1 Å². The third kappa shape index (κ3) is 29.4. The molecule has 0 heterocycles. The second kappa shape index (κ2) is 33.5. The van der Waals surface area contributed by atoms with Crippen LogP contribution >= 0.6 is 7.82 Å². The Balaban J connectivity index is -0.000000901. The number of hydrogen-bond donors (Lipinski definition) is 2. The summed E-state index contributed by atoms with van der Waals surface area (Å²) in [6.07, 6.45) is 15.3. The number of ether oxygens (including phenoxy) is 2. The summed E-state index contributed by atoms with van der Waals surface area (Å²) in [7, 11) is -8.66. The van der Waals surface area contributed by atoms with Crippen LogP contribution in [0.2, 0.25) is 0 Å². The molecule has 0 aliphatic heterocycles. The van der Waals surface area contributed by atoms with E-state index in [9.17, 15) is 32.0 Å². The van der Waals surface area contributed by atoms with Gasteiger partial charge in [-0.15, -0.1) is 0 Å². The van der Waals surface area contributed by atoms with Gasteiger partial charge >= 0.3 is 49.3 Å². The number of unbranched alkanes of at least 4 members (excludes halogenated alkanes) is 4. The first-order valence-electron chi connectivity index (χ1n) is 19.1. The Morgan fingerprint density at radius 3 is 1.22 bits per heavy atom. The summed E-state index contributed by atoms with van der Waals surface area (Å²) < 4.78 is 65.0. The van der Waals surface area contributed by atoms with Gasteiger partial charge in [-0.05, 0) is 49.4 Å². The molecule has 0 radical (unpaired) electrons. The second-order valence-electron chi connectivity index (χ2n) is 13.2. The first kappa shape index (κ1) is 54.3. The van der Waals surface area contributed by atoms with Gasteiger partial charge in [-0.3, -0.25) is 23.2 Å². The summed E-state index contributed by atoms with van der Waals surface area (Å²) >= 11 is 0. The molecular weight excluding hydrogens is 694 g/mol. The molecule has 50 heavy (non-hydrogen) atoms. The molecule has 2 N–H and O–H groups in total. The van der Waals surface area contributed by atoms with Crippen LogP contribution in [0.5, 0.6) is 0 Å². The molecule has 0 rings (SSSR count). The van der Waals surface area contributed by atoms with E-state index in [1.807, 2.05) is 13.8 Å². The minimum atomic E-state index is -4.76. The van der Waals surface area contributed by atoms with Gasteiger partial charge in [0, 0.05) is 0 Å². The molecule has 5 unspecified atom stereocenters. The van der Waals surface area contributed by atoms with Crippen molar-refractivity contribution in [2.45, 2.75) is 170 Å². The SMILES string of the molecule is CCCCC(CC)COC(=O)CC(C(=O)OCC(CC)CCCC)S(=O)(=O)O.CCCCC(CC)COP(=O)(O)OCC(CC)CCCC.[NaH]. The molecule has 0 spiro atoms. The van der Waals surface area contributed by atoms with E-state index in [-0.39, 0.29) is 54.6 Å². The third-order valence-electron chi connectivity index (χ3n) is 9.04. The number of phosphoric acid groups is 1. The van der Waals surface area contributed by atoms with Gasteiger partial charge in [0.2, 0.25) is 0 Å². The second-order valence-corrected chi connectivity index (χ2v) is 16.3. The van der Waals surface area contributed by atoms with Gasteiger partial charge in [-0.1, -0.05) is 132 Å². The average Bonchev–Trinajstić information content (AvgIpc) is 3.07. The Kier molecular flexibility index (Phi) is 36.4. The molecule has 0 fully saturated rings. The molecule has 0 aromatic heterocycles. The first-order chi connectivity index (χ1) is 23.2. The van der Waals surface area contributed by atoms with Crippen LogP contribution in [0.25, 0.3) is 0 Å². The van der Waals surface area contributed by atoms with Crippen molar-refractivity contribution >= 4 is 59.4 Å². The zero-order chi connectivity index (χ0) is 37.7. The Bertz CT molecular complexity index is 959. The molecule has 0 aromatic carbocycles. The van der Waals surface area contributed by atoms with Crippen LogP contribution in [0.3, 0.4) is 0 Å². The fraction of sp³-hybridized carbons (Fsp3) is 0.944. The van der Waals surface area contributed by atoms with Crippen molar-refractivity contribution in [3.05, 3.63) is 0 Å². The van der Waals surface area contributed by atoms with E-state index < -0.39 is 41.6 Å². The van der Waals surface area contributed by atoms with Crippen LogP contribution in [0.15, 0.2) is 0 Å². The summed E-state index contributed by atoms with van der Waals surface area (Å²) in [5, 5.41) is -1.95. The van der Waals surface area contributed by atoms with Crippen molar-refractivity contribution < 1.29 is 50.5 Å². The van der Waals surface area contributed by atoms with Crippen LogP contribution in [0.1, 0.15) is 165 Å². The monoisotopic (exact) mass is 768 g/mol. The summed E-state index contributed by atoms with van der Waals surface area (Å²) in [6.45, 7) is 17.5. The van der Waals surface area contributed by atoms with E-state index in [1.165, 1.54) is 0 Å². The number of carbonyl (C=O) groups excluding carboxylic acids is 2. The van der Waals surface area contributed by atoms with E-state index in [0.29, 0.717) is 25.0 Å². The molecule has 0 saturated carbocycles. The predicted octanol–water partition coefficient (Wildman–Crippen LogP) is 9.06. The number of carbonyl (C=O) groups is 2. The number of rotatable bonds is 30. The molecule has 0 amide bonds. The Morgan fingerprint density at radius 2 is 0.920 bits per heavy atom. The van der Waals surface area contributed by atoms with Crippen molar-refractivity contribution in [2.24, 2.45) is 23.7 Å². The number of phosphoric ester groups is 1. The van der Waals surface area contributed by atoms with Gasteiger partial charge in [-0.2, -0.15) is 8.42 Å². The molecule has 0 aliphatic carbocycles. The molecule has 0 aromatic rings. The van der Waals surface area contributed by atoms with Crippen LogP contribution in [-0.2, 0) is 42.8 Å². The summed E-state index contributed by atoms with van der Waals surface area (Å²) in [5.74, 6) is -0.919. The fourth-order valence-corrected chi connectivity index (χ4v) is 6.58. The van der Waals surface area contributed by atoms with E-state index >= 15 is 0 Å². The van der Waals surface area contributed by atoms with E-state index in [2.05, 4.69) is 41.5 Å². The Morgan fingerprint density at radius 1 is 0.600 bits per heavy atom.